The van der Waals surface area contributed by atoms with Crippen molar-refractivity contribution in [2.75, 3.05) is 7.11 Å². The predicted octanol–water partition coefficient (Wildman–Crippen LogP) is 3.75. The van der Waals surface area contributed by atoms with Crippen molar-refractivity contribution in [1.82, 2.24) is 0 Å². The number of hydrogen-bond donors (Lipinski definition) is 0. The van der Waals surface area contributed by atoms with Gasteiger partial charge in [-0.05, 0) is 23.1 Å². The Morgan fingerprint density at radius 2 is 1.64 bits per heavy atom. The number of methoxy groups -OCH3 is 1. The van der Waals surface area contributed by atoms with Crippen molar-refractivity contribution in [3.63, 3.8) is 0 Å². The lowest BCUT2D eigenvalue weighted by atomic mass is 9.95. The second-order valence-corrected chi connectivity index (χ2v) is 4.47. The van der Waals surface area contributed by atoms with E-state index in [4.69, 9.17) is 4.74 Å². The van der Waals surface area contributed by atoms with Gasteiger partial charge in [0.25, 0.3) is 0 Å². The second kappa shape index (κ2) is 4.32. The van der Waals surface area contributed by atoms with Crippen LogP contribution in [0.3, 0.4) is 0 Å². The summed E-state index contributed by atoms with van der Waals surface area (Å²) in [7, 11) is 1.68. The van der Waals surface area contributed by atoms with Crippen molar-refractivity contribution in [2.45, 2.75) is 20.8 Å². The predicted molar refractivity (Wildman–Crippen MR) is 61.5 cm³/mol. The standard InChI is InChI=1S/C13H18O/c1-13(2,3)10-9-11-5-7-12(14-4)8-6-11/h5-10H,1-4H3/b10-9+. The lowest BCUT2D eigenvalue weighted by Crippen LogP contribution is -1.97. The molecular formula is C13H18O. The Balaban J connectivity index is 2.74. The van der Waals surface area contributed by atoms with Crippen molar-refractivity contribution >= 4 is 6.08 Å². The Hall–Kier alpha value is -1.24. The van der Waals surface area contributed by atoms with E-state index < -0.39 is 0 Å². The van der Waals surface area contributed by atoms with Gasteiger partial charge in [-0.2, -0.15) is 0 Å². The third kappa shape index (κ3) is 3.65. The molecule has 0 heterocycles. The highest BCUT2D eigenvalue weighted by atomic mass is 16.5. The first-order valence-corrected chi connectivity index (χ1v) is 4.84. The molecule has 1 aromatic carbocycles. The van der Waals surface area contributed by atoms with Crippen LogP contribution in [0.5, 0.6) is 5.75 Å². The van der Waals surface area contributed by atoms with Gasteiger partial charge in [0.2, 0.25) is 0 Å². The maximum absolute atomic E-state index is 5.09. The lowest BCUT2D eigenvalue weighted by molar-refractivity contribution is 0.415. The molecule has 0 spiro atoms. The van der Waals surface area contributed by atoms with E-state index in [1.54, 1.807) is 7.11 Å². The van der Waals surface area contributed by atoms with E-state index in [2.05, 4.69) is 45.1 Å². The number of allylic oxidation sites excluding steroid dienone is 1. The molecule has 0 fully saturated rings. The van der Waals surface area contributed by atoms with Crippen LogP contribution in [0.25, 0.3) is 6.08 Å². The first-order valence-electron chi connectivity index (χ1n) is 4.84. The molecule has 1 nitrogen and oxygen atoms in total. The molecule has 0 aromatic heterocycles. The first kappa shape index (κ1) is 10.8. The molecule has 0 bridgehead atoms. The summed E-state index contributed by atoms with van der Waals surface area (Å²) in [5, 5.41) is 0. The minimum Gasteiger partial charge on any atom is -0.497 e. The fourth-order valence-corrected chi connectivity index (χ4v) is 1.06. The van der Waals surface area contributed by atoms with Crippen LogP contribution in [-0.2, 0) is 0 Å². The average Bonchev–Trinajstić information content (AvgIpc) is 2.14. The van der Waals surface area contributed by atoms with Crippen molar-refractivity contribution < 1.29 is 4.74 Å². The van der Waals surface area contributed by atoms with Crippen LogP contribution < -0.4 is 4.74 Å². The van der Waals surface area contributed by atoms with Gasteiger partial charge in [-0.3, -0.25) is 0 Å². The van der Waals surface area contributed by atoms with Gasteiger partial charge in [0.05, 0.1) is 7.11 Å². The van der Waals surface area contributed by atoms with Crippen LogP contribution in [0, 0.1) is 5.41 Å². The van der Waals surface area contributed by atoms with Gasteiger partial charge in [-0.15, -0.1) is 0 Å². The summed E-state index contributed by atoms with van der Waals surface area (Å²) < 4.78 is 5.09. The largest absolute Gasteiger partial charge is 0.497 e. The van der Waals surface area contributed by atoms with Crippen LogP contribution in [0.15, 0.2) is 30.3 Å². The van der Waals surface area contributed by atoms with Crippen molar-refractivity contribution in [3.05, 3.63) is 35.9 Å². The maximum atomic E-state index is 5.09. The topological polar surface area (TPSA) is 9.23 Å². The first-order chi connectivity index (χ1) is 6.51. The van der Waals surface area contributed by atoms with Crippen LogP contribution >= 0.6 is 0 Å². The molecule has 1 heteroatoms. The molecule has 0 aliphatic heterocycles. The molecule has 1 rings (SSSR count). The summed E-state index contributed by atoms with van der Waals surface area (Å²) in [5.41, 5.74) is 1.45. The lowest BCUT2D eigenvalue weighted by Gasteiger charge is -2.10. The molecule has 0 aliphatic carbocycles. The molecule has 0 N–H and O–H groups in total. The Morgan fingerprint density at radius 1 is 1.07 bits per heavy atom. The molecule has 76 valence electrons. The summed E-state index contributed by atoms with van der Waals surface area (Å²) in [6.45, 7) is 6.56. The van der Waals surface area contributed by atoms with Gasteiger partial charge in [0.15, 0.2) is 0 Å². The zero-order chi connectivity index (χ0) is 10.6. The zero-order valence-corrected chi connectivity index (χ0v) is 9.37. The van der Waals surface area contributed by atoms with E-state index in [0.29, 0.717) is 0 Å². The fraction of sp³-hybridized carbons (Fsp3) is 0.385. The smallest absolute Gasteiger partial charge is 0.118 e. The third-order valence-corrected chi connectivity index (χ3v) is 1.89. The molecular weight excluding hydrogens is 172 g/mol. The molecule has 1 aromatic rings. The molecule has 0 saturated carbocycles. The monoisotopic (exact) mass is 190 g/mol. The fourth-order valence-electron chi connectivity index (χ4n) is 1.06. The minimum absolute atomic E-state index is 0.236. The zero-order valence-electron chi connectivity index (χ0n) is 9.37. The number of rotatable bonds is 2. The van der Waals surface area contributed by atoms with E-state index in [9.17, 15) is 0 Å². The van der Waals surface area contributed by atoms with E-state index in [-0.39, 0.29) is 5.41 Å². The Morgan fingerprint density at radius 3 is 2.07 bits per heavy atom. The minimum atomic E-state index is 0.236. The normalized spacial score (nSPS) is 12.0. The summed E-state index contributed by atoms with van der Waals surface area (Å²) in [4.78, 5) is 0. The van der Waals surface area contributed by atoms with E-state index in [1.165, 1.54) is 5.56 Å². The van der Waals surface area contributed by atoms with E-state index in [1.807, 2.05) is 12.1 Å². The molecule has 0 unspecified atom stereocenters. The van der Waals surface area contributed by atoms with Crippen LogP contribution in [0.1, 0.15) is 26.3 Å². The molecule has 0 radical (unpaired) electrons. The van der Waals surface area contributed by atoms with Gasteiger partial charge in [0, 0.05) is 0 Å². The average molecular weight is 190 g/mol. The summed E-state index contributed by atoms with van der Waals surface area (Å²) in [6, 6.07) is 8.06. The molecule has 0 atom stereocenters. The van der Waals surface area contributed by atoms with Crippen molar-refractivity contribution in [2.24, 2.45) is 5.41 Å². The quantitative estimate of drug-likeness (QED) is 0.690. The van der Waals surface area contributed by atoms with Crippen molar-refractivity contribution in [1.29, 1.82) is 0 Å². The number of hydrogen-bond acceptors (Lipinski definition) is 1. The summed E-state index contributed by atoms with van der Waals surface area (Å²) in [5.74, 6) is 0.901. The van der Waals surface area contributed by atoms with E-state index >= 15 is 0 Å². The van der Waals surface area contributed by atoms with Crippen LogP contribution in [0.4, 0.5) is 0 Å². The summed E-state index contributed by atoms with van der Waals surface area (Å²) >= 11 is 0. The highest BCUT2D eigenvalue weighted by molar-refractivity contribution is 5.51. The van der Waals surface area contributed by atoms with Gasteiger partial charge in [-0.25, -0.2) is 0 Å². The third-order valence-electron chi connectivity index (χ3n) is 1.89. The molecule has 0 aliphatic rings. The number of ether oxygens (including phenoxy) is 1. The Labute approximate surface area is 86.4 Å². The van der Waals surface area contributed by atoms with Crippen LogP contribution in [-0.4, -0.2) is 7.11 Å². The maximum Gasteiger partial charge on any atom is 0.118 e. The van der Waals surface area contributed by atoms with Gasteiger partial charge in [0.1, 0.15) is 5.75 Å². The van der Waals surface area contributed by atoms with Crippen LogP contribution in [0.2, 0.25) is 0 Å². The highest BCUT2D eigenvalue weighted by Gasteiger charge is 2.03. The molecule has 0 saturated heterocycles. The summed E-state index contributed by atoms with van der Waals surface area (Å²) in [6.07, 6.45) is 4.34. The Kier molecular flexibility index (Phi) is 3.34. The molecule has 14 heavy (non-hydrogen) atoms. The SMILES string of the molecule is COc1ccc(/C=C/C(C)(C)C)cc1. The Bertz CT molecular complexity index is 301. The van der Waals surface area contributed by atoms with Gasteiger partial charge in [-0.1, -0.05) is 45.1 Å². The second-order valence-electron chi connectivity index (χ2n) is 4.47. The number of benzene rings is 1. The van der Waals surface area contributed by atoms with Gasteiger partial charge >= 0.3 is 0 Å². The molecule has 0 amide bonds. The van der Waals surface area contributed by atoms with Gasteiger partial charge < -0.3 is 4.74 Å². The highest BCUT2D eigenvalue weighted by Crippen LogP contribution is 2.18. The van der Waals surface area contributed by atoms with Crippen molar-refractivity contribution in [3.8, 4) is 5.75 Å². The van der Waals surface area contributed by atoms with E-state index in [0.717, 1.165) is 5.75 Å².